The van der Waals surface area contributed by atoms with Gasteiger partial charge in [-0.25, -0.2) is 0 Å². The molecule has 15 heavy (non-hydrogen) atoms. The zero-order valence-corrected chi connectivity index (χ0v) is 8.94. The first-order valence-electron chi connectivity index (χ1n) is 4.42. The van der Waals surface area contributed by atoms with Crippen molar-refractivity contribution in [2.24, 2.45) is 10.4 Å². The van der Waals surface area contributed by atoms with Gasteiger partial charge in [-0.1, -0.05) is 23.3 Å². The molecule has 1 aromatic heterocycles. The molecule has 1 heterocycles. The summed E-state index contributed by atoms with van der Waals surface area (Å²) in [6.07, 6.45) is 0. The largest absolute Gasteiger partial charge is 0.288 e. The maximum atomic E-state index is 10.1. The summed E-state index contributed by atoms with van der Waals surface area (Å²) in [5, 5.41) is 8.07. The van der Waals surface area contributed by atoms with E-state index in [1.165, 1.54) is 11.3 Å². The van der Waals surface area contributed by atoms with Gasteiger partial charge in [-0.2, -0.15) is 0 Å². The van der Waals surface area contributed by atoms with Crippen LogP contribution in [-0.4, -0.2) is 4.57 Å². The van der Waals surface area contributed by atoms with Crippen LogP contribution in [0.4, 0.5) is 0 Å². The van der Waals surface area contributed by atoms with Crippen molar-refractivity contribution in [1.29, 1.82) is 0 Å². The smallest absolute Gasteiger partial charge is 0.218 e. The predicted octanol–water partition coefficient (Wildman–Crippen LogP) is 2.43. The summed E-state index contributed by atoms with van der Waals surface area (Å²) < 4.78 is 1.89. The SMILES string of the molecule is Cc1cs/c(=N/N=O)n1-c1ccccc1. The Morgan fingerprint density at radius 1 is 1.27 bits per heavy atom. The Hall–Kier alpha value is -1.75. The molecular formula is C10H9N3OS. The Morgan fingerprint density at radius 2 is 2.00 bits per heavy atom. The van der Waals surface area contributed by atoms with Gasteiger partial charge in [0.05, 0.1) is 5.29 Å². The molecule has 0 saturated heterocycles. The summed E-state index contributed by atoms with van der Waals surface area (Å²) in [6, 6.07) is 9.75. The number of aryl methyl sites for hydroxylation is 1. The van der Waals surface area contributed by atoms with Gasteiger partial charge in [0.25, 0.3) is 0 Å². The first-order chi connectivity index (χ1) is 7.33. The van der Waals surface area contributed by atoms with Gasteiger partial charge in [-0.05, 0) is 19.1 Å². The monoisotopic (exact) mass is 219 g/mol. The van der Waals surface area contributed by atoms with E-state index in [1.54, 1.807) is 0 Å². The second-order valence-electron chi connectivity index (χ2n) is 3.01. The average Bonchev–Trinajstić information content (AvgIpc) is 2.62. The summed E-state index contributed by atoms with van der Waals surface area (Å²) in [5.41, 5.74) is 2.02. The van der Waals surface area contributed by atoms with Crippen LogP contribution in [0.5, 0.6) is 0 Å². The van der Waals surface area contributed by atoms with Crippen LogP contribution in [0.25, 0.3) is 5.69 Å². The van der Waals surface area contributed by atoms with Crippen molar-refractivity contribution in [3.8, 4) is 5.69 Å². The van der Waals surface area contributed by atoms with Crippen molar-refractivity contribution in [3.63, 3.8) is 0 Å². The Kier molecular flexibility index (Phi) is 2.73. The molecule has 0 N–H and O–H groups in total. The number of para-hydroxylation sites is 1. The summed E-state index contributed by atoms with van der Waals surface area (Å²) in [6.45, 7) is 1.97. The molecule has 2 rings (SSSR count). The van der Waals surface area contributed by atoms with Crippen molar-refractivity contribution in [2.45, 2.75) is 6.92 Å². The van der Waals surface area contributed by atoms with Gasteiger partial charge in [0.15, 0.2) is 0 Å². The Morgan fingerprint density at radius 3 is 2.67 bits per heavy atom. The zero-order valence-electron chi connectivity index (χ0n) is 8.12. The number of aromatic nitrogens is 1. The van der Waals surface area contributed by atoms with Gasteiger partial charge >= 0.3 is 0 Å². The molecule has 0 bridgehead atoms. The summed E-state index contributed by atoms with van der Waals surface area (Å²) in [5.74, 6) is 0. The van der Waals surface area contributed by atoms with E-state index in [4.69, 9.17) is 0 Å². The number of rotatable bonds is 2. The molecule has 0 saturated carbocycles. The molecule has 1 aromatic carbocycles. The number of nitrogens with zero attached hydrogens (tertiary/aromatic N) is 3. The van der Waals surface area contributed by atoms with E-state index in [0.717, 1.165) is 11.4 Å². The van der Waals surface area contributed by atoms with Crippen LogP contribution in [0.1, 0.15) is 5.69 Å². The quantitative estimate of drug-likeness (QED) is 0.565. The number of hydrogen-bond acceptors (Lipinski definition) is 3. The predicted molar refractivity (Wildman–Crippen MR) is 59.7 cm³/mol. The molecule has 0 aliphatic carbocycles. The van der Waals surface area contributed by atoms with E-state index in [-0.39, 0.29) is 0 Å². The van der Waals surface area contributed by atoms with Crippen molar-refractivity contribution in [2.75, 3.05) is 0 Å². The third kappa shape index (κ3) is 1.87. The molecular weight excluding hydrogens is 210 g/mol. The van der Waals surface area contributed by atoms with Crippen LogP contribution in [0.15, 0.2) is 46.1 Å². The van der Waals surface area contributed by atoms with Crippen molar-refractivity contribution in [1.82, 2.24) is 4.57 Å². The van der Waals surface area contributed by atoms with Gasteiger partial charge < -0.3 is 0 Å². The summed E-state index contributed by atoms with van der Waals surface area (Å²) >= 11 is 1.40. The second-order valence-corrected chi connectivity index (χ2v) is 3.85. The minimum Gasteiger partial charge on any atom is -0.288 e. The normalized spacial score (nSPS) is 11.7. The maximum Gasteiger partial charge on any atom is 0.218 e. The van der Waals surface area contributed by atoms with E-state index >= 15 is 0 Å². The lowest BCUT2D eigenvalue weighted by Gasteiger charge is -2.03. The zero-order chi connectivity index (χ0) is 10.7. The molecule has 0 spiro atoms. The molecule has 0 unspecified atom stereocenters. The molecule has 0 radical (unpaired) electrons. The fraction of sp³-hybridized carbons (Fsp3) is 0.100. The van der Waals surface area contributed by atoms with E-state index in [2.05, 4.69) is 10.4 Å². The van der Waals surface area contributed by atoms with Gasteiger partial charge in [-0.15, -0.1) is 16.2 Å². The fourth-order valence-electron chi connectivity index (χ4n) is 1.39. The van der Waals surface area contributed by atoms with E-state index in [1.807, 2.05) is 47.2 Å². The molecule has 0 amide bonds. The number of thiazole rings is 1. The highest BCUT2D eigenvalue weighted by Crippen LogP contribution is 2.09. The lowest BCUT2D eigenvalue weighted by Crippen LogP contribution is -2.13. The minimum absolute atomic E-state index is 0.591. The lowest BCUT2D eigenvalue weighted by atomic mass is 10.3. The first-order valence-corrected chi connectivity index (χ1v) is 5.30. The third-order valence-corrected chi connectivity index (χ3v) is 2.95. The Labute approximate surface area is 90.5 Å². The van der Waals surface area contributed by atoms with E-state index < -0.39 is 0 Å². The standard InChI is InChI=1S/C10H9N3OS/c1-8-7-15-10(11-12-14)13(8)9-5-3-2-4-6-9/h2-7H,1H3/b11-10+. The highest BCUT2D eigenvalue weighted by molar-refractivity contribution is 7.07. The molecule has 0 aliphatic rings. The van der Waals surface area contributed by atoms with Crippen LogP contribution < -0.4 is 4.80 Å². The maximum absolute atomic E-state index is 10.1. The van der Waals surface area contributed by atoms with Crippen molar-refractivity contribution in [3.05, 3.63) is 51.1 Å². The summed E-state index contributed by atoms with van der Waals surface area (Å²) in [7, 11) is 0. The lowest BCUT2D eigenvalue weighted by molar-refractivity contribution is 0.923. The molecule has 2 aromatic rings. The van der Waals surface area contributed by atoms with Crippen molar-refractivity contribution < 1.29 is 0 Å². The Bertz CT molecular complexity index is 527. The van der Waals surface area contributed by atoms with Gasteiger partial charge in [0.1, 0.15) is 0 Å². The third-order valence-electron chi connectivity index (χ3n) is 2.02. The van der Waals surface area contributed by atoms with E-state index in [9.17, 15) is 4.91 Å². The highest BCUT2D eigenvalue weighted by Gasteiger charge is 2.02. The Balaban J connectivity index is 2.67. The van der Waals surface area contributed by atoms with Gasteiger partial charge in [0.2, 0.25) is 4.80 Å². The van der Waals surface area contributed by atoms with Crippen LogP contribution in [0.3, 0.4) is 0 Å². The minimum atomic E-state index is 0.591. The van der Waals surface area contributed by atoms with Crippen LogP contribution in [0.2, 0.25) is 0 Å². The number of nitroso groups, excluding NO2 is 1. The molecule has 0 fully saturated rings. The number of benzene rings is 1. The molecule has 0 aliphatic heterocycles. The highest BCUT2D eigenvalue weighted by atomic mass is 32.1. The fourth-order valence-corrected chi connectivity index (χ4v) is 2.21. The van der Waals surface area contributed by atoms with Gasteiger partial charge in [-0.3, -0.25) is 4.57 Å². The second kappa shape index (κ2) is 4.18. The van der Waals surface area contributed by atoms with Crippen molar-refractivity contribution >= 4 is 11.3 Å². The van der Waals surface area contributed by atoms with Gasteiger partial charge in [0, 0.05) is 16.8 Å². The van der Waals surface area contributed by atoms with E-state index in [0.29, 0.717) is 4.80 Å². The topological polar surface area (TPSA) is 46.7 Å². The molecule has 0 atom stereocenters. The molecule has 76 valence electrons. The van der Waals surface area contributed by atoms with Crippen LogP contribution in [-0.2, 0) is 0 Å². The first kappa shape index (κ1) is 9.79. The van der Waals surface area contributed by atoms with Crippen LogP contribution in [0, 0.1) is 11.8 Å². The average molecular weight is 219 g/mol. The molecule has 5 heteroatoms. The number of hydrogen-bond donors (Lipinski definition) is 0. The molecule has 4 nitrogen and oxygen atoms in total. The summed E-state index contributed by atoms with van der Waals surface area (Å²) in [4.78, 5) is 10.7. The van der Waals surface area contributed by atoms with Crippen LogP contribution >= 0.6 is 11.3 Å².